The van der Waals surface area contributed by atoms with Crippen molar-refractivity contribution in [3.8, 4) is 0 Å². The second-order valence-electron chi connectivity index (χ2n) is 3.55. The van der Waals surface area contributed by atoms with Gasteiger partial charge in [-0.1, -0.05) is 12.8 Å². The van der Waals surface area contributed by atoms with Crippen molar-refractivity contribution in [1.82, 2.24) is 5.32 Å². The Morgan fingerprint density at radius 2 is 2.08 bits per heavy atom. The van der Waals surface area contributed by atoms with Gasteiger partial charge in [0.05, 0.1) is 0 Å². The lowest BCUT2D eigenvalue weighted by Gasteiger charge is -2.14. The van der Waals surface area contributed by atoms with Crippen LogP contribution in [0, 0.1) is 5.92 Å². The average Bonchev–Trinajstić information content (AvgIpc) is 2.68. The molecule has 0 aromatic heterocycles. The largest absolute Gasteiger partial charge is 0.471 e. The monoisotopic (exact) mass is 195 g/mol. The molecule has 1 fully saturated rings. The van der Waals surface area contributed by atoms with Crippen LogP contribution in [0.1, 0.15) is 26.2 Å². The van der Waals surface area contributed by atoms with Crippen LogP contribution >= 0.6 is 0 Å². The highest BCUT2D eigenvalue weighted by Crippen LogP contribution is 2.33. The number of nitrogens with one attached hydrogen (secondary N) is 1. The third-order valence-corrected chi connectivity index (χ3v) is 2.02. The van der Waals surface area contributed by atoms with Gasteiger partial charge in [0, 0.05) is 6.04 Å². The van der Waals surface area contributed by atoms with E-state index in [0.29, 0.717) is 12.3 Å². The Bertz CT molecular complexity index is 198. The van der Waals surface area contributed by atoms with E-state index < -0.39 is 12.1 Å². The first kappa shape index (κ1) is 10.3. The van der Waals surface area contributed by atoms with Gasteiger partial charge in [0.2, 0.25) is 0 Å². The van der Waals surface area contributed by atoms with Crippen LogP contribution in [0.3, 0.4) is 0 Å². The van der Waals surface area contributed by atoms with Crippen molar-refractivity contribution >= 4 is 5.91 Å². The van der Waals surface area contributed by atoms with Gasteiger partial charge in [-0.05, 0) is 19.3 Å². The van der Waals surface area contributed by atoms with E-state index in [9.17, 15) is 18.0 Å². The predicted octanol–water partition coefficient (Wildman–Crippen LogP) is 1.85. The van der Waals surface area contributed by atoms with E-state index in [1.54, 1.807) is 6.92 Å². The first-order chi connectivity index (χ1) is 5.89. The minimum absolute atomic E-state index is 0.373. The van der Waals surface area contributed by atoms with Crippen LogP contribution in [-0.2, 0) is 4.79 Å². The van der Waals surface area contributed by atoms with Crippen molar-refractivity contribution in [1.29, 1.82) is 0 Å². The topological polar surface area (TPSA) is 29.1 Å². The molecule has 1 atom stereocenters. The van der Waals surface area contributed by atoms with Gasteiger partial charge in [-0.25, -0.2) is 0 Å². The summed E-state index contributed by atoms with van der Waals surface area (Å²) in [7, 11) is 0. The van der Waals surface area contributed by atoms with E-state index in [-0.39, 0.29) is 6.04 Å². The normalized spacial score (nSPS) is 19.7. The highest BCUT2D eigenvalue weighted by molar-refractivity contribution is 5.81. The molecule has 0 bridgehead atoms. The smallest absolute Gasteiger partial charge is 0.346 e. The van der Waals surface area contributed by atoms with E-state index in [4.69, 9.17) is 0 Å². The first-order valence-corrected chi connectivity index (χ1v) is 4.27. The standard InChI is InChI=1S/C8H12F3NO/c1-5(4-6-2-3-6)12-7(13)8(9,10)11/h5-6H,2-4H2,1H3,(H,12,13)/t5-/m1/s1. The zero-order valence-corrected chi connectivity index (χ0v) is 7.32. The summed E-state index contributed by atoms with van der Waals surface area (Å²) < 4.78 is 35.3. The Morgan fingerprint density at radius 1 is 1.54 bits per heavy atom. The van der Waals surface area contributed by atoms with E-state index in [0.717, 1.165) is 12.8 Å². The van der Waals surface area contributed by atoms with Crippen LogP contribution in [0.4, 0.5) is 13.2 Å². The molecule has 0 heterocycles. The summed E-state index contributed by atoms with van der Waals surface area (Å²) in [5.74, 6) is -1.32. The molecule has 0 aliphatic heterocycles. The fraction of sp³-hybridized carbons (Fsp3) is 0.875. The van der Waals surface area contributed by atoms with Crippen molar-refractivity contribution in [2.45, 2.75) is 38.4 Å². The highest BCUT2D eigenvalue weighted by atomic mass is 19.4. The van der Waals surface area contributed by atoms with Gasteiger partial charge in [-0.3, -0.25) is 4.79 Å². The van der Waals surface area contributed by atoms with Gasteiger partial charge in [0.1, 0.15) is 0 Å². The van der Waals surface area contributed by atoms with Crippen LogP contribution < -0.4 is 5.32 Å². The maximum atomic E-state index is 11.8. The molecule has 0 aromatic rings. The van der Waals surface area contributed by atoms with Crippen LogP contribution in [0.25, 0.3) is 0 Å². The summed E-state index contributed by atoms with van der Waals surface area (Å²) in [4.78, 5) is 10.4. The minimum atomic E-state index is -4.75. The molecule has 1 rings (SSSR count). The Morgan fingerprint density at radius 3 is 2.46 bits per heavy atom. The Hall–Kier alpha value is -0.740. The molecule has 1 amide bonds. The van der Waals surface area contributed by atoms with Gasteiger partial charge >= 0.3 is 12.1 Å². The SMILES string of the molecule is C[C@H](CC1CC1)NC(=O)C(F)(F)F. The fourth-order valence-corrected chi connectivity index (χ4v) is 1.22. The molecular weight excluding hydrogens is 183 g/mol. The van der Waals surface area contributed by atoms with Gasteiger partial charge in [0.25, 0.3) is 0 Å². The molecule has 1 N–H and O–H groups in total. The number of hydrogen-bond donors (Lipinski definition) is 1. The Kier molecular flexibility index (Phi) is 2.83. The molecule has 0 aromatic carbocycles. The molecule has 13 heavy (non-hydrogen) atoms. The first-order valence-electron chi connectivity index (χ1n) is 4.27. The molecule has 0 unspecified atom stereocenters. The van der Waals surface area contributed by atoms with Crippen molar-refractivity contribution in [2.24, 2.45) is 5.92 Å². The maximum absolute atomic E-state index is 11.8. The van der Waals surface area contributed by atoms with E-state index >= 15 is 0 Å². The lowest BCUT2D eigenvalue weighted by Crippen LogP contribution is -2.42. The van der Waals surface area contributed by atoms with Crippen molar-refractivity contribution < 1.29 is 18.0 Å². The molecule has 5 heteroatoms. The van der Waals surface area contributed by atoms with Crippen LogP contribution in [-0.4, -0.2) is 18.1 Å². The van der Waals surface area contributed by atoms with Gasteiger partial charge in [-0.15, -0.1) is 0 Å². The second-order valence-corrected chi connectivity index (χ2v) is 3.55. The summed E-state index contributed by atoms with van der Waals surface area (Å²) >= 11 is 0. The number of hydrogen-bond acceptors (Lipinski definition) is 1. The van der Waals surface area contributed by atoms with E-state index in [1.165, 1.54) is 0 Å². The summed E-state index contributed by atoms with van der Waals surface area (Å²) in [6, 6.07) is -0.373. The predicted molar refractivity (Wildman–Crippen MR) is 41.0 cm³/mol. The van der Waals surface area contributed by atoms with Crippen molar-refractivity contribution in [3.05, 3.63) is 0 Å². The molecule has 0 saturated heterocycles. The van der Waals surface area contributed by atoms with Crippen LogP contribution in [0.2, 0.25) is 0 Å². The number of halogens is 3. The molecule has 1 aliphatic rings. The Balaban J connectivity index is 2.25. The van der Waals surface area contributed by atoms with Gasteiger partial charge < -0.3 is 5.32 Å². The van der Waals surface area contributed by atoms with Crippen molar-refractivity contribution in [2.75, 3.05) is 0 Å². The molecule has 76 valence electrons. The lowest BCUT2D eigenvalue weighted by molar-refractivity contribution is -0.174. The number of rotatable bonds is 3. The highest BCUT2D eigenvalue weighted by Gasteiger charge is 2.39. The third kappa shape index (κ3) is 3.65. The summed E-state index contributed by atoms with van der Waals surface area (Å²) in [6.45, 7) is 1.60. The molecule has 0 radical (unpaired) electrons. The molecular formula is C8H12F3NO. The number of amides is 1. The van der Waals surface area contributed by atoms with Crippen molar-refractivity contribution in [3.63, 3.8) is 0 Å². The second kappa shape index (κ2) is 3.55. The van der Waals surface area contributed by atoms with Crippen LogP contribution in [0.5, 0.6) is 0 Å². The number of alkyl halides is 3. The van der Waals surface area contributed by atoms with E-state index in [1.807, 2.05) is 5.32 Å². The quantitative estimate of drug-likeness (QED) is 0.731. The average molecular weight is 195 g/mol. The number of carbonyl (C=O) groups excluding carboxylic acids is 1. The molecule has 1 saturated carbocycles. The maximum Gasteiger partial charge on any atom is 0.471 e. The zero-order chi connectivity index (χ0) is 10.1. The lowest BCUT2D eigenvalue weighted by atomic mass is 10.1. The Labute approximate surface area is 74.5 Å². The third-order valence-electron chi connectivity index (χ3n) is 2.02. The molecule has 2 nitrogen and oxygen atoms in total. The number of carbonyl (C=O) groups is 1. The zero-order valence-electron chi connectivity index (χ0n) is 7.32. The summed E-state index contributed by atoms with van der Waals surface area (Å²) in [6.07, 6.45) is -1.95. The van der Waals surface area contributed by atoms with E-state index in [2.05, 4.69) is 0 Å². The molecule has 1 aliphatic carbocycles. The van der Waals surface area contributed by atoms with Crippen LogP contribution in [0.15, 0.2) is 0 Å². The molecule has 0 spiro atoms. The minimum Gasteiger partial charge on any atom is -0.346 e. The summed E-state index contributed by atoms with van der Waals surface area (Å²) in [5.41, 5.74) is 0. The van der Waals surface area contributed by atoms with Gasteiger partial charge in [0.15, 0.2) is 0 Å². The fourth-order valence-electron chi connectivity index (χ4n) is 1.22. The van der Waals surface area contributed by atoms with Gasteiger partial charge in [-0.2, -0.15) is 13.2 Å². The summed E-state index contributed by atoms with van der Waals surface area (Å²) in [5, 5.41) is 1.93.